The molecule has 1 amide bonds. The van der Waals surface area contributed by atoms with Crippen molar-refractivity contribution in [3.63, 3.8) is 0 Å². The van der Waals surface area contributed by atoms with Crippen LogP contribution < -0.4 is 10.1 Å². The molecule has 1 N–H and O–H groups in total. The summed E-state index contributed by atoms with van der Waals surface area (Å²) in [4.78, 5) is 12.3. The lowest BCUT2D eigenvalue weighted by Crippen LogP contribution is -2.29. The molecule has 0 saturated carbocycles. The van der Waals surface area contributed by atoms with Crippen LogP contribution in [0.2, 0.25) is 0 Å². The summed E-state index contributed by atoms with van der Waals surface area (Å²) < 4.78 is 5.13. The first kappa shape index (κ1) is 17.1. The van der Waals surface area contributed by atoms with E-state index >= 15 is 0 Å². The van der Waals surface area contributed by atoms with Crippen LogP contribution >= 0.6 is 0 Å². The number of carbonyl (C=O) groups is 1. The van der Waals surface area contributed by atoms with Crippen LogP contribution in [0.5, 0.6) is 5.75 Å². The fourth-order valence-electron chi connectivity index (χ4n) is 2.58. The Bertz CT molecular complexity index is 662. The van der Waals surface area contributed by atoms with E-state index in [0.717, 1.165) is 17.7 Å². The lowest BCUT2D eigenvalue weighted by molar-refractivity contribution is -0.121. The lowest BCUT2D eigenvalue weighted by Gasteiger charge is -2.19. The minimum absolute atomic E-state index is 0.0419. The molecule has 0 aliphatic heterocycles. The second kappa shape index (κ2) is 7.82. The van der Waals surface area contributed by atoms with Gasteiger partial charge in [0, 0.05) is 0 Å². The fourth-order valence-corrected chi connectivity index (χ4v) is 2.58. The Labute approximate surface area is 138 Å². The van der Waals surface area contributed by atoms with Crippen molar-refractivity contribution in [2.24, 2.45) is 0 Å². The molecule has 1 atom stereocenters. The number of methoxy groups -OCH3 is 1. The molecule has 2 aromatic carbocycles. The number of nitrogens with one attached hydrogen (secondary N) is 1. The van der Waals surface area contributed by atoms with Crippen molar-refractivity contribution in [3.8, 4) is 5.75 Å². The summed E-state index contributed by atoms with van der Waals surface area (Å²) >= 11 is 0. The van der Waals surface area contributed by atoms with Crippen LogP contribution in [0.25, 0.3) is 0 Å². The van der Waals surface area contributed by atoms with Crippen LogP contribution in [0.3, 0.4) is 0 Å². The van der Waals surface area contributed by atoms with E-state index in [0.29, 0.717) is 6.42 Å². The molecule has 0 bridgehead atoms. The first-order valence-electron chi connectivity index (χ1n) is 8.03. The Kier molecular flexibility index (Phi) is 5.80. The Hall–Kier alpha value is -2.29. The first-order chi connectivity index (χ1) is 11.0. The van der Waals surface area contributed by atoms with Crippen LogP contribution in [0, 0.1) is 13.8 Å². The van der Waals surface area contributed by atoms with Crippen LogP contribution in [0.1, 0.15) is 41.6 Å². The highest BCUT2D eigenvalue weighted by molar-refractivity contribution is 5.79. The molecular formula is C20H25NO2. The van der Waals surface area contributed by atoms with Crippen LogP contribution in [-0.4, -0.2) is 13.0 Å². The Morgan fingerprint density at radius 1 is 1.09 bits per heavy atom. The van der Waals surface area contributed by atoms with Crippen molar-refractivity contribution >= 4 is 5.91 Å². The second-order valence-corrected chi connectivity index (χ2v) is 5.90. The topological polar surface area (TPSA) is 38.3 Å². The number of ether oxygens (including phenoxy) is 1. The van der Waals surface area contributed by atoms with Gasteiger partial charge in [-0.25, -0.2) is 0 Å². The largest absolute Gasteiger partial charge is 0.497 e. The highest BCUT2D eigenvalue weighted by atomic mass is 16.5. The van der Waals surface area contributed by atoms with E-state index in [1.54, 1.807) is 7.11 Å². The number of rotatable bonds is 6. The molecule has 0 heterocycles. The summed E-state index contributed by atoms with van der Waals surface area (Å²) in [5.41, 5.74) is 4.68. The maximum Gasteiger partial charge on any atom is 0.224 e. The third-order valence-electron chi connectivity index (χ3n) is 4.20. The lowest BCUT2D eigenvalue weighted by atomic mass is 9.99. The molecule has 0 aromatic heterocycles. The van der Waals surface area contributed by atoms with Crippen molar-refractivity contribution in [2.45, 2.75) is 39.7 Å². The average Bonchev–Trinajstić information content (AvgIpc) is 2.56. The van der Waals surface area contributed by atoms with Gasteiger partial charge in [-0.05, 0) is 54.7 Å². The standard InChI is InChI=1S/C20H25NO2/c1-5-19(17-9-6-14(2)15(3)12-17)21-20(22)13-16-7-10-18(23-4)11-8-16/h6-12,19H,5,13H2,1-4H3,(H,21,22)/t19-/m0/s1. The molecular weight excluding hydrogens is 286 g/mol. The number of aryl methyl sites for hydroxylation is 2. The number of amides is 1. The quantitative estimate of drug-likeness (QED) is 0.871. The van der Waals surface area contributed by atoms with Crippen LogP contribution in [0.4, 0.5) is 0 Å². The number of hydrogen-bond donors (Lipinski definition) is 1. The molecule has 0 aliphatic rings. The van der Waals surface area contributed by atoms with Gasteiger partial charge in [-0.15, -0.1) is 0 Å². The molecule has 2 rings (SSSR count). The predicted octanol–water partition coefficient (Wildman–Crippen LogP) is 4.12. The molecule has 2 aromatic rings. The molecule has 122 valence electrons. The molecule has 3 heteroatoms. The Morgan fingerprint density at radius 3 is 2.35 bits per heavy atom. The summed E-state index contributed by atoms with van der Waals surface area (Å²) in [6, 6.07) is 14.0. The van der Waals surface area contributed by atoms with Gasteiger partial charge >= 0.3 is 0 Å². The molecule has 0 unspecified atom stereocenters. The summed E-state index contributed by atoms with van der Waals surface area (Å²) in [6.45, 7) is 6.29. The molecule has 0 fully saturated rings. The van der Waals surface area contributed by atoms with E-state index in [1.807, 2.05) is 24.3 Å². The Balaban J connectivity index is 2.02. The average molecular weight is 311 g/mol. The second-order valence-electron chi connectivity index (χ2n) is 5.90. The van der Waals surface area contributed by atoms with Gasteiger partial charge in [-0.1, -0.05) is 37.3 Å². The minimum Gasteiger partial charge on any atom is -0.497 e. The fraction of sp³-hybridized carbons (Fsp3) is 0.350. The molecule has 0 radical (unpaired) electrons. The highest BCUT2D eigenvalue weighted by Crippen LogP contribution is 2.20. The third-order valence-corrected chi connectivity index (χ3v) is 4.20. The van der Waals surface area contributed by atoms with Crippen molar-refractivity contribution < 1.29 is 9.53 Å². The third kappa shape index (κ3) is 4.59. The van der Waals surface area contributed by atoms with Crippen molar-refractivity contribution in [2.75, 3.05) is 7.11 Å². The van der Waals surface area contributed by atoms with Gasteiger partial charge in [0.2, 0.25) is 5.91 Å². The van der Waals surface area contributed by atoms with Gasteiger partial charge in [-0.3, -0.25) is 4.79 Å². The predicted molar refractivity (Wildman–Crippen MR) is 93.8 cm³/mol. The molecule has 0 aliphatic carbocycles. The van der Waals surface area contributed by atoms with Crippen LogP contribution in [0.15, 0.2) is 42.5 Å². The number of benzene rings is 2. The van der Waals surface area contributed by atoms with E-state index in [4.69, 9.17) is 4.74 Å². The summed E-state index contributed by atoms with van der Waals surface area (Å²) in [5, 5.41) is 3.14. The smallest absolute Gasteiger partial charge is 0.224 e. The molecule has 0 spiro atoms. The Morgan fingerprint density at radius 2 is 1.78 bits per heavy atom. The van der Waals surface area contributed by atoms with E-state index in [2.05, 4.69) is 44.3 Å². The number of carbonyl (C=O) groups excluding carboxylic acids is 1. The van der Waals surface area contributed by atoms with E-state index in [-0.39, 0.29) is 11.9 Å². The number of hydrogen-bond acceptors (Lipinski definition) is 2. The first-order valence-corrected chi connectivity index (χ1v) is 8.03. The zero-order valence-electron chi connectivity index (χ0n) is 14.3. The maximum atomic E-state index is 12.3. The van der Waals surface area contributed by atoms with Crippen molar-refractivity contribution in [3.05, 3.63) is 64.7 Å². The zero-order chi connectivity index (χ0) is 16.8. The monoisotopic (exact) mass is 311 g/mol. The molecule has 23 heavy (non-hydrogen) atoms. The van der Waals surface area contributed by atoms with Crippen LogP contribution in [-0.2, 0) is 11.2 Å². The summed E-state index contributed by atoms with van der Waals surface area (Å²) in [7, 11) is 1.64. The van der Waals surface area contributed by atoms with Gasteiger partial charge in [0.25, 0.3) is 0 Å². The molecule has 0 saturated heterocycles. The van der Waals surface area contributed by atoms with E-state index in [9.17, 15) is 4.79 Å². The maximum absolute atomic E-state index is 12.3. The highest BCUT2D eigenvalue weighted by Gasteiger charge is 2.13. The normalized spacial score (nSPS) is 11.8. The van der Waals surface area contributed by atoms with Gasteiger partial charge in [-0.2, -0.15) is 0 Å². The van der Waals surface area contributed by atoms with Crippen molar-refractivity contribution in [1.29, 1.82) is 0 Å². The van der Waals surface area contributed by atoms with Gasteiger partial charge < -0.3 is 10.1 Å². The van der Waals surface area contributed by atoms with E-state index < -0.39 is 0 Å². The zero-order valence-corrected chi connectivity index (χ0v) is 14.3. The SMILES string of the molecule is CC[C@H](NC(=O)Cc1ccc(OC)cc1)c1ccc(C)c(C)c1. The minimum atomic E-state index is 0.0419. The van der Waals surface area contributed by atoms with Gasteiger partial charge in [0.1, 0.15) is 5.75 Å². The summed E-state index contributed by atoms with van der Waals surface area (Å²) in [6.07, 6.45) is 1.25. The van der Waals surface area contributed by atoms with Crippen molar-refractivity contribution in [1.82, 2.24) is 5.32 Å². The summed E-state index contributed by atoms with van der Waals surface area (Å²) in [5.74, 6) is 0.843. The van der Waals surface area contributed by atoms with E-state index in [1.165, 1.54) is 16.7 Å². The molecule has 3 nitrogen and oxygen atoms in total. The van der Waals surface area contributed by atoms with Gasteiger partial charge in [0.05, 0.1) is 19.6 Å². The van der Waals surface area contributed by atoms with Gasteiger partial charge in [0.15, 0.2) is 0 Å².